The van der Waals surface area contributed by atoms with Crippen molar-refractivity contribution in [2.75, 3.05) is 12.4 Å². The molecule has 0 radical (unpaired) electrons. The predicted octanol–water partition coefficient (Wildman–Crippen LogP) is 3.32. The first-order chi connectivity index (χ1) is 13.1. The fourth-order valence-electron chi connectivity index (χ4n) is 2.57. The summed E-state index contributed by atoms with van der Waals surface area (Å²) < 4.78 is 7.15. The number of aromatic nitrogens is 3. The molecule has 1 amide bonds. The van der Waals surface area contributed by atoms with E-state index in [2.05, 4.69) is 21.6 Å². The van der Waals surface area contributed by atoms with Gasteiger partial charge in [-0.15, -0.1) is 0 Å². The van der Waals surface area contributed by atoms with E-state index < -0.39 is 0 Å². The minimum Gasteiger partial charge on any atom is -0.497 e. The first kappa shape index (κ1) is 18.4. The molecule has 0 saturated heterocycles. The molecule has 27 heavy (non-hydrogen) atoms. The van der Waals surface area contributed by atoms with Gasteiger partial charge in [0.25, 0.3) is 0 Å². The topological polar surface area (TPSA) is 95.7 Å². The number of anilines is 1. The van der Waals surface area contributed by atoms with Crippen LogP contribution in [0.5, 0.6) is 5.75 Å². The van der Waals surface area contributed by atoms with Crippen LogP contribution < -0.4 is 10.1 Å². The molecule has 0 fully saturated rings. The first-order valence-corrected chi connectivity index (χ1v) is 8.57. The lowest BCUT2D eigenvalue weighted by Crippen LogP contribution is -2.19. The summed E-state index contributed by atoms with van der Waals surface area (Å²) in [4.78, 5) is 12.4. The van der Waals surface area contributed by atoms with E-state index in [1.165, 1.54) is 0 Å². The molecular weight excluding hydrogens is 362 g/mol. The number of benzene rings is 2. The lowest BCUT2D eigenvalue weighted by Gasteiger charge is -2.09. The molecule has 0 bridgehead atoms. The van der Waals surface area contributed by atoms with Crippen molar-refractivity contribution in [3.8, 4) is 23.2 Å². The highest BCUT2D eigenvalue weighted by Crippen LogP contribution is 2.21. The molecule has 0 saturated carbocycles. The SMILES string of the molecule is COc1ccc(-c2n[nH]c(=S)n2CC(=O)Nc2ccc(CC#N)cc2)cc1. The van der Waals surface area contributed by atoms with Gasteiger partial charge in [0.05, 0.1) is 19.6 Å². The van der Waals surface area contributed by atoms with Crippen molar-refractivity contribution in [1.29, 1.82) is 5.26 Å². The van der Waals surface area contributed by atoms with Crippen molar-refractivity contribution in [2.45, 2.75) is 13.0 Å². The number of nitrogens with zero attached hydrogens (tertiary/aromatic N) is 3. The molecule has 136 valence electrons. The van der Waals surface area contributed by atoms with Gasteiger partial charge in [0.15, 0.2) is 10.6 Å². The highest BCUT2D eigenvalue weighted by Gasteiger charge is 2.13. The summed E-state index contributed by atoms with van der Waals surface area (Å²) in [6, 6.07) is 16.6. The molecule has 3 rings (SSSR count). The lowest BCUT2D eigenvalue weighted by molar-refractivity contribution is -0.116. The first-order valence-electron chi connectivity index (χ1n) is 8.16. The third-order valence-corrected chi connectivity index (χ3v) is 4.24. The summed E-state index contributed by atoms with van der Waals surface area (Å²) >= 11 is 5.26. The third kappa shape index (κ3) is 4.40. The number of carbonyl (C=O) groups excluding carboxylic acids is 1. The van der Waals surface area contributed by atoms with Crippen LogP contribution in [0.3, 0.4) is 0 Å². The number of nitriles is 1. The molecule has 0 unspecified atom stereocenters. The van der Waals surface area contributed by atoms with E-state index in [4.69, 9.17) is 22.2 Å². The Hall–Kier alpha value is -3.44. The molecule has 0 spiro atoms. The molecule has 2 N–H and O–H groups in total. The molecule has 1 aromatic heterocycles. The van der Waals surface area contributed by atoms with Crippen molar-refractivity contribution < 1.29 is 9.53 Å². The molecule has 3 aromatic rings. The van der Waals surface area contributed by atoms with Gasteiger partial charge in [-0.1, -0.05) is 12.1 Å². The summed E-state index contributed by atoms with van der Waals surface area (Å²) in [7, 11) is 1.60. The Morgan fingerprint density at radius 2 is 1.96 bits per heavy atom. The van der Waals surface area contributed by atoms with Crippen LogP contribution in [0.2, 0.25) is 0 Å². The van der Waals surface area contributed by atoms with Crippen molar-refractivity contribution in [3.63, 3.8) is 0 Å². The second-order valence-corrected chi connectivity index (χ2v) is 6.13. The summed E-state index contributed by atoms with van der Waals surface area (Å²) in [5, 5.41) is 18.5. The largest absolute Gasteiger partial charge is 0.497 e. The number of nitrogens with one attached hydrogen (secondary N) is 2. The van der Waals surface area contributed by atoms with Gasteiger partial charge < -0.3 is 10.1 Å². The van der Waals surface area contributed by atoms with Gasteiger partial charge in [-0.05, 0) is 54.2 Å². The van der Waals surface area contributed by atoms with E-state index >= 15 is 0 Å². The molecule has 1 heterocycles. The number of aromatic amines is 1. The average molecular weight is 379 g/mol. The summed E-state index contributed by atoms with van der Waals surface area (Å²) in [5.41, 5.74) is 2.37. The normalized spacial score (nSPS) is 10.2. The zero-order valence-electron chi connectivity index (χ0n) is 14.6. The monoisotopic (exact) mass is 379 g/mol. The van der Waals surface area contributed by atoms with Crippen LogP contribution in [0.4, 0.5) is 5.69 Å². The van der Waals surface area contributed by atoms with Gasteiger partial charge in [-0.3, -0.25) is 14.5 Å². The Morgan fingerprint density at radius 3 is 2.59 bits per heavy atom. The minimum absolute atomic E-state index is 0.0244. The number of hydrogen-bond acceptors (Lipinski definition) is 5. The second kappa shape index (κ2) is 8.29. The van der Waals surface area contributed by atoms with Crippen molar-refractivity contribution in [2.24, 2.45) is 0 Å². The van der Waals surface area contributed by atoms with Crippen LogP contribution >= 0.6 is 12.2 Å². The number of methoxy groups -OCH3 is 1. The van der Waals surface area contributed by atoms with Crippen LogP contribution in [0, 0.1) is 16.1 Å². The Kier molecular flexibility index (Phi) is 5.64. The number of H-pyrrole nitrogens is 1. The quantitative estimate of drug-likeness (QED) is 0.641. The van der Waals surface area contributed by atoms with Crippen molar-refractivity contribution in [3.05, 3.63) is 58.9 Å². The molecule has 0 aliphatic carbocycles. The maximum Gasteiger partial charge on any atom is 0.244 e. The Labute approximate surface area is 161 Å². The zero-order valence-corrected chi connectivity index (χ0v) is 15.4. The molecule has 8 heteroatoms. The highest BCUT2D eigenvalue weighted by atomic mass is 32.1. The van der Waals surface area contributed by atoms with Crippen LogP contribution in [-0.2, 0) is 17.8 Å². The van der Waals surface area contributed by atoms with Gasteiger partial charge in [-0.2, -0.15) is 10.4 Å². The molecular formula is C19H17N5O2S. The fraction of sp³-hybridized carbons (Fsp3) is 0.158. The molecule has 0 aliphatic heterocycles. The maximum absolute atomic E-state index is 12.4. The van der Waals surface area contributed by atoms with E-state index in [0.717, 1.165) is 16.9 Å². The highest BCUT2D eigenvalue weighted by molar-refractivity contribution is 7.71. The zero-order chi connectivity index (χ0) is 19.2. The molecule has 0 aliphatic rings. The summed E-state index contributed by atoms with van der Waals surface area (Å²) in [5.74, 6) is 1.08. The Bertz CT molecular complexity index is 1030. The molecule has 7 nitrogen and oxygen atoms in total. The van der Waals surface area contributed by atoms with Crippen LogP contribution in [0.25, 0.3) is 11.4 Å². The fourth-order valence-corrected chi connectivity index (χ4v) is 2.76. The van der Waals surface area contributed by atoms with Crippen molar-refractivity contribution >= 4 is 23.8 Å². The van der Waals surface area contributed by atoms with Gasteiger partial charge in [0.2, 0.25) is 5.91 Å². The number of amides is 1. The van der Waals surface area contributed by atoms with Gasteiger partial charge in [-0.25, -0.2) is 0 Å². The number of hydrogen-bond donors (Lipinski definition) is 2. The number of carbonyl (C=O) groups is 1. The van der Waals surface area contributed by atoms with Crippen LogP contribution in [-0.4, -0.2) is 27.8 Å². The predicted molar refractivity (Wildman–Crippen MR) is 104 cm³/mol. The molecule has 2 aromatic carbocycles. The van der Waals surface area contributed by atoms with Gasteiger partial charge in [0.1, 0.15) is 12.3 Å². The Balaban J connectivity index is 1.75. The lowest BCUT2D eigenvalue weighted by atomic mass is 10.1. The van der Waals surface area contributed by atoms with Crippen molar-refractivity contribution in [1.82, 2.24) is 14.8 Å². The van der Waals surface area contributed by atoms with E-state index in [1.54, 1.807) is 23.8 Å². The summed E-state index contributed by atoms with van der Waals surface area (Å²) in [6.45, 7) is 0.0244. The number of rotatable bonds is 6. The van der Waals surface area contributed by atoms with Gasteiger partial charge in [0, 0.05) is 11.3 Å². The van der Waals surface area contributed by atoms with Crippen LogP contribution in [0.15, 0.2) is 48.5 Å². The standard InChI is InChI=1S/C19H17N5O2S/c1-26-16-8-4-14(5-9-16)18-22-23-19(27)24(18)12-17(25)21-15-6-2-13(3-7-15)10-11-20/h2-9H,10,12H2,1H3,(H,21,25)(H,23,27). The summed E-state index contributed by atoms with van der Waals surface area (Å²) in [6.07, 6.45) is 0.337. The number of ether oxygens (including phenoxy) is 1. The second-order valence-electron chi connectivity index (χ2n) is 5.75. The van der Waals surface area contributed by atoms with E-state index in [1.807, 2.05) is 36.4 Å². The Morgan fingerprint density at radius 1 is 1.26 bits per heavy atom. The minimum atomic E-state index is -0.227. The average Bonchev–Trinajstić information content (AvgIpc) is 3.04. The van der Waals surface area contributed by atoms with E-state index in [0.29, 0.717) is 22.7 Å². The smallest absolute Gasteiger partial charge is 0.244 e. The van der Waals surface area contributed by atoms with E-state index in [9.17, 15) is 4.79 Å². The third-order valence-electron chi connectivity index (χ3n) is 3.93. The van der Waals surface area contributed by atoms with Gasteiger partial charge >= 0.3 is 0 Å². The van der Waals surface area contributed by atoms with E-state index in [-0.39, 0.29) is 12.5 Å². The molecule has 0 atom stereocenters. The van der Waals surface area contributed by atoms with Crippen LogP contribution in [0.1, 0.15) is 5.56 Å². The maximum atomic E-state index is 12.4.